The lowest BCUT2D eigenvalue weighted by Gasteiger charge is -2.35. The van der Waals surface area contributed by atoms with Gasteiger partial charge in [-0.25, -0.2) is 4.79 Å². The Morgan fingerprint density at radius 2 is 1.90 bits per heavy atom. The molecule has 7 nitrogen and oxygen atoms in total. The van der Waals surface area contributed by atoms with Crippen molar-refractivity contribution < 1.29 is 14.3 Å². The van der Waals surface area contributed by atoms with E-state index in [2.05, 4.69) is 22.1 Å². The van der Waals surface area contributed by atoms with Crippen LogP contribution in [0, 0.1) is 6.92 Å². The Morgan fingerprint density at radius 1 is 1.14 bits per heavy atom. The van der Waals surface area contributed by atoms with Gasteiger partial charge in [0, 0.05) is 38.1 Å². The molecule has 1 aromatic carbocycles. The summed E-state index contributed by atoms with van der Waals surface area (Å²) in [5, 5.41) is 3.05. The number of aryl methyl sites for hydroxylation is 2. The average molecular weight is 396 g/mol. The van der Waals surface area contributed by atoms with Crippen molar-refractivity contribution in [1.29, 1.82) is 0 Å². The zero-order valence-electron chi connectivity index (χ0n) is 17.3. The Bertz CT molecular complexity index is 876. The Labute approximate surface area is 171 Å². The van der Waals surface area contributed by atoms with E-state index in [1.165, 1.54) is 0 Å². The highest BCUT2D eigenvalue weighted by atomic mass is 16.6. The minimum absolute atomic E-state index is 0.173. The van der Waals surface area contributed by atoms with Crippen LogP contribution in [0.15, 0.2) is 36.7 Å². The summed E-state index contributed by atoms with van der Waals surface area (Å²) in [6.45, 7) is 8.75. The summed E-state index contributed by atoms with van der Waals surface area (Å²) in [6, 6.07) is 7.88. The molecule has 0 aliphatic carbocycles. The second kappa shape index (κ2) is 9.41. The van der Waals surface area contributed by atoms with Gasteiger partial charge in [0.25, 0.3) is 5.91 Å². The molecule has 1 aliphatic rings. The molecule has 0 radical (unpaired) electrons. The van der Waals surface area contributed by atoms with Gasteiger partial charge in [-0.15, -0.1) is 0 Å². The third-order valence-electron chi connectivity index (χ3n) is 5.14. The van der Waals surface area contributed by atoms with E-state index in [4.69, 9.17) is 4.74 Å². The van der Waals surface area contributed by atoms with Gasteiger partial charge in [-0.1, -0.05) is 25.1 Å². The lowest BCUT2D eigenvalue weighted by molar-refractivity contribution is 0.102. The summed E-state index contributed by atoms with van der Waals surface area (Å²) in [5.74, 6) is -0.173. The third kappa shape index (κ3) is 4.85. The summed E-state index contributed by atoms with van der Waals surface area (Å²) in [6.07, 6.45) is 3.91. The number of carbonyl (C=O) groups excluding carboxylic acids is 2. The molecule has 1 saturated heterocycles. The molecule has 0 bridgehead atoms. The summed E-state index contributed by atoms with van der Waals surface area (Å²) in [5.41, 5.74) is 4.41. The van der Waals surface area contributed by atoms with Crippen LogP contribution in [0.2, 0.25) is 0 Å². The number of piperazine rings is 1. The Balaban J connectivity index is 1.69. The molecule has 0 saturated carbocycles. The molecule has 7 heteroatoms. The highest BCUT2D eigenvalue weighted by Crippen LogP contribution is 2.23. The molecular weight excluding hydrogens is 368 g/mol. The van der Waals surface area contributed by atoms with Crippen LogP contribution in [0.25, 0.3) is 0 Å². The van der Waals surface area contributed by atoms with E-state index in [1.807, 2.05) is 31.2 Å². The van der Waals surface area contributed by atoms with Gasteiger partial charge in [-0.3, -0.25) is 9.78 Å². The molecule has 29 heavy (non-hydrogen) atoms. The second-order valence-corrected chi connectivity index (χ2v) is 7.02. The van der Waals surface area contributed by atoms with Crippen molar-refractivity contribution in [2.24, 2.45) is 0 Å². The number of hydrogen-bond acceptors (Lipinski definition) is 5. The number of carbonyl (C=O) groups is 2. The van der Waals surface area contributed by atoms with Crippen molar-refractivity contribution in [3.05, 3.63) is 53.3 Å². The minimum Gasteiger partial charge on any atom is -0.450 e. The first-order chi connectivity index (χ1) is 14.0. The number of para-hydroxylation sites is 1. The Morgan fingerprint density at radius 3 is 2.59 bits per heavy atom. The van der Waals surface area contributed by atoms with E-state index in [-0.39, 0.29) is 12.0 Å². The van der Waals surface area contributed by atoms with Crippen LogP contribution in [0.1, 0.15) is 35.3 Å². The van der Waals surface area contributed by atoms with Crippen molar-refractivity contribution in [1.82, 2.24) is 9.88 Å². The molecule has 154 valence electrons. The number of amides is 2. The summed E-state index contributed by atoms with van der Waals surface area (Å²) in [7, 11) is 0. The summed E-state index contributed by atoms with van der Waals surface area (Å²) < 4.78 is 5.06. The van der Waals surface area contributed by atoms with Crippen molar-refractivity contribution in [2.75, 3.05) is 43.0 Å². The van der Waals surface area contributed by atoms with Gasteiger partial charge in [0.15, 0.2) is 0 Å². The topological polar surface area (TPSA) is 74.8 Å². The molecule has 3 rings (SSSR count). The van der Waals surface area contributed by atoms with Crippen LogP contribution in [0.3, 0.4) is 0 Å². The summed E-state index contributed by atoms with van der Waals surface area (Å²) >= 11 is 0. The fourth-order valence-electron chi connectivity index (χ4n) is 3.47. The van der Waals surface area contributed by atoms with Crippen molar-refractivity contribution in [3.63, 3.8) is 0 Å². The maximum Gasteiger partial charge on any atom is 0.409 e. The SMILES string of the molecule is CCOC(=O)N1CCN(c2cncc(C(=O)Nc3c(C)cccc3CC)c2)CC1. The Hall–Kier alpha value is -3.09. The van der Waals surface area contributed by atoms with Gasteiger partial charge in [-0.2, -0.15) is 0 Å². The quantitative estimate of drug-likeness (QED) is 0.837. The lowest BCUT2D eigenvalue weighted by atomic mass is 10.1. The van der Waals surface area contributed by atoms with Gasteiger partial charge >= 0.3 is 6.09 Å². The number of nitrogens with zero attached hydrogens (tertiary/aromatic N) is 3. The van der Waals surface area contributed by atoms with Crippen molar-refractivity contribution in [3.8, 4) is 0 Å². The number of hydrogen-bond donors (Lipinski definition) is 1. The molecule has 1 fully saturated rings. The first-order valence-corrected chi connectivity index (χ1v) is 10.0. The maximum absolute atomic E-state index is 12.8. The van der Waals surface area contributed by atoms with Gasteiger partial charge in [0.2, 0.25) is 0 Å². The number of nitrogens with one attached hydrogen (secondary N) is 1. The number of rotatable bonds is 5. The molecule has 1 N–H and O–H groups in total. The molecule has 0 spiro atoms. The fourth-order valence-corrected chi connectivity index (χ4v) is 3.47. The number of ether oxygens (including phenoxy) is 1. The zero-order chi connectivity index (χ0) is 20.8. The number of pyridine rings is 1. The molecule has 1 aliphatic heterocycles. The largest absolute Gasteiger partial charge is 0.450 e. The predicted octanol–water partition coefficient (Wildman–Crippen LogP) is 3.48. The zero-order valence-corrected chi connectivity index (χ0v) is 17.3. The van der Waals surface area contributed by atoms with E-state index in [9.17, 15) is 9.59 Å². The number of aromatic nitrogens is 1. The average Bonchev–Trinajstić information content (AvgIpc) is 2.75. The van der Waals surface area contributed by atoms with Crippen LogP contribution < -0.4 is 10.2 Å². The molecule has 2 aromatic rings. The van der Waals surface area contributed by atoms with Crippen LogP contribution in [0.5, 0.6) is 0 Å². The normalized spacial score (nSPS) is 13.9. The van der Waals surface area contributed by atoms with Crippen LogP contribution in [-0.2, 0) is 11.2 Å². The minimum atomic E-state index is -0.275. The maximum atomic E-state index is 12.8. The van der Waals surface area contributed by atoms with E-state index < -0.39 is 0 Å². The van der Waals surface area contributed by atoms with Crippen LogP contribution >= 0.6 is 0 Å². The van der Waals surface area contributed by atoms with Crippen LogP contribution in [0.4, 0.5) is 16.2 Å². The second-order valence-electron chi connectivity index (χ2n) is 7.02. The van der Waals surface area contributed by atoms with Gasteiger partial charge in [-0.05, 0) is 37.5 Å². The Kier molecular flexibility index (Phi) is 6.69. The van der Waals surface area contributed by atoms with Gasteiger partial charge in [0.1, 0.15) is 0 Å². The van der Waals surface area contributed by atoms with E-state index >= 15 is 0 Å². The first-order valence-electron chi connectivity index (χ1n) is 10.0. The standard InChI is InChI=1S/C22H28N4O3/c1-4-17-8-6-7-16(3)20(17)24-21(27)18-13-19(15-23-14-18)25-9-11-26(12-10-25)22(28)29-5-2/h6-8,13-15H,4-5,9-12H2,1-3H3,(H,24,27). The van der Waals surface area contributed by atoms with Gasteiger partial charge in [0.05, 0.1) is 24.1 Å². The highest BCUT2D eigenvalue weighted by Gasteiger charge is 2.23. The smallest absolute Gasteiger partial charge is 0.409 e. The third-order valence-corrected chi connectivity index (χ3v) is 5.14. The first kappa shape index (κ1) is 20.6. The summed E-state index contributed by atoms with van der Waals surface area (Å²) in [4.78, 5) is 32.8. The van der Waals surface area contributed by atoms with E-state index in [0.717, 1.165) is 28.9 Å². The highest BCUT2D eigenvalue weighted by molar-refractivity contribution is 6.05. The molecule has 1 aromatic heterocycles. The van der Waals surface area contributed by atoms with Crippen molar-refractivity contribution in [2.45, 2.75) is 27.2 Å². The molecule has 2 heterocycles. The predicted molar refractivity (Wildman–Crippen MR) is 114 cm³/mol. The number of benzene rings is 1. The molecule has 0 atom stereocenters. The molecule has 2 amide bonds. The fraction of sp³-hybridized carbons (Fsp3) is 0.409. The molecular formula is C22H28N4O3. The van der Waals surface area contributed by atoms with E-state index in [1.54, 1.807) is 24.2 Å². The lowest BCUT2D eigenvalue weighted by Crippen LogP contribution is -2.49. The molecule has 0 unspecified atom stereocenters. The van der Waals surface area contributed by atoms with E-state index in [0.29, 0.717) is 38.3 Å². The van der Waals surface area contributed by atoms with Crippen LogP contribution in [-0.4, -0.2) is 54.7 Å². The van der Waals surface area contributed by atoms with Gasteiger partial charge < -0.3 is 19.9 Å². The number of anilines is 2. The monoisotopic (exact) mass is 396 g/mol. The van der Waals surface area contributed by atoms with Crippen molar-refractivity contribution >= 4 is 23.4 Å².